The number of pyridine rings is 1. The van der Waals surface area contributed by atoms with Crippen molar-refractivity contribution in [1.29, 1.82) is 0 Å². The maximum atomic E-state index is 13.3. The molecule has 0 radical (unpaired) electrons. The van der Waals surface area contributed by atoms with Crippen LogP contribution in [0.2, 0.25) is 0 Å². The van der Waals surface area contributed by atoms with Gasteiger partial charge in [-0.05, 0) is 76.0 Å². The third-order valence-corrected chi connectivity index (χ3v) is 4.98. The van der Waals surface area contributed by atoms with Crippen molar-refractivity contribution in [1.82, 2.24) is 15.2 Å². The van der Waals surface area contributed by atoms with Gasteiger partial charge >= 0.3 is 0 Å². The minimum absolute atomic E-state index is 0. The topological polar surface area (TPSA) is 54.5 Å². The van der Waals surface area contributed by atoms with Gasteiger partial charge in [0.1, 0.15) is 5.75 Å². The number of aryl methyl sites for hydroxylation is 1. The van der Waals surface area contributed by atoms with E-state index in [1.54, 1.807) is 6.20 Å². The molecule has 3 rings (SSSR count). The van der Waals surface area contributed by atoms with Crippen molar-refractivity contribution >= 4 is 18.3 Å². The van der Waals surface area contributed by atoms with E-state index >= 15 is 0 Å². The van der Waals surface area contributed by atoms with Crippen LogP contribution in [0.25, 0.3) is 0 Å². The molecule has 28 heavy (non-hydrogen) atoms. The monoisotopic (exact) mass is 403 g/mol. The van der Waals surface area contributed by atoms with Crippen LogP contribution in [0.5, 0.6) is 5.75 Å². The van der Waals surface area contributed by atoms with E-state index in [4.69, 9.17) is 4.74 Å². The van der Waals surface area contributed by atoms with Crippen LogP contribution in [0.15, 0.2) is 48.7 Å². The number of nitrogens with zero attached hydrogens (tertiary/aromatic N) is 2. The van der Waals surface area contributed by atoms with Crippen molar-refractivity contribution in [3.8, 4) is 5.75 Å². The van der Waals surface area contributed by atoms with Crippen molar-refractivity contribution in [3.63, 3.8) is 0 Å². The molecule has 1 fully saturated rings. The first-order chi connectivity index (χ1) is 13.1. The Kier molecular flexibility index (Phi) is 8.74. The van der Waals surface area contributed by atoms with Crippen LogP contribution in [0.4, 0.5) is 0 Å². The van der Waals surface area contributed by atoms with Gasteiger partial charge in [0.2, 0.25) is 0 Å². The largest absolute Gasteiger partial charge is 0.481 e. The molecular formula is C22H30ClN3O2. The van der Waals surface area contributed by atoms with E-state index in [-0.39, 0.29) is 24.4 Å². The van der Waals surface area contributed by atoms with Gasteiger partial charge in [-0.15, -0.1) is 12.4 Å². The highest BCUT2D eigenvalue weighted by molar-refractivity contribution is 5.85. The van der Waals surface area contributed by atoms with E-state index in [1.165, 1.54) is 0 Å². The predicted octanol–water partition coefficient (Wildman–Crippen LogP) is 3.75. The summed E-state index contributed by atoms with van der Waals surface area (Å²) in [5, 5.41) is 3.43. The third-order valence-electron chi connectivity index (χ3n) is 4.98. The molecule has 2 heterocycles. The number of rotatable bonds is 6. The zero-order valence-electron chi connectivity index (χ0n) is 16.6. The van der Waals surface area contributed by atoms with E-state index in [0.717, 1.165) is 49.4 Å². The molecule has 0 spiro atoms. The van der Waals surface area contributed by atoms with E-state index in [9.17, 15) is 4.79 Å². The van der Waals surface area contributed by atoms with Gasteiger partial charge in [0.15, 0.2) is 6.10 Å². The highest BCUT2D eigenvalue weighted by Crippen LogP contribution is 2.20. The second-order valence-corrected chi connectivity index (χ2v) is 7.20. The highest BCUT2D eigenvalue weighted by atomic mass is 35.5. The Morgan fingerprint density at radius 2 is 2.11 bits per heavy atom. The molecule has 0 bridgehead atoms. The Bertz CT molecular complexity index is 734. The summed E-state index contributed by atoms with van der Waals surface area (Å²) in [7, 11) is 0. The van der Waals surface area contributed by atoms with Crippen molar-refractivity contribution in [2.45, 2.75) is 51.8 Å². The Hall–Kier alpha value is -2.11. The fourth-order valence-corrected chi connectivity index (χ4v) is 3.54. The molecule has 1 N–H and O–H groups in total. The first-order valence-electron chi connectivity index (χ1n) is 9.78. The summed E-state index contributed by atoms with van der Waals surface area (Å²) in [4.78, 5) is 19.7. The number of ether oxygens (including phenoxy) is 1. The average Bonchev–Trinajstić information content (AvgIpc) is 2.96. The fourth-order valence-electron chi connectivity index (χ4n) is 3.54. The van der Waals surface area contributed by atoms with Crippen molar-refractivity contribution in [2.75, 3.05) is 13.1 Å². The van der Waals surface area contributed by atoms with Crippen molar-refractivity contribution in [3.05, 3.63) is 59.9 Å². The molecule has 0 aliphatic carbocycles. The van der Waals surface area contributed by atoms with Gasteiger partial charge in [-0.3, -0.25) is 9.78 Å². The molecule has 1 aliphatic heterocycles. The molecule has 2 atom stereocenters. The normalized spacial score (nSPS) is 17.7. The molecule has 1 saturated heterocycles. The number of hydrogen-bond donors (Lipinski definition) is 1. The maximum Gasteiger partial charge on any atom is 0.263 e. The Labute approximate surface area is 173 Å². The summed E-state index contributed by atoms with van der Waals surface area (Å²) in [5.74, 6) is 0.755. The quantitative estimate of drug-likeness (QED) is 0.798. The SMILES string of the molecule is Cc1cccc(OC(C)C(=O)N(Cc2ccccn2)C2CCCNCC2)c1.Cl. The van der Waals surface area contributed by atoms with Gasteiger partial charge in [-0.25, -0.2) is 0 Å². The molecule has 5 nitrogen and oxygen atoms in total. The van der Waals surface area contributed by atoms with Crippen LogP contribution in [-0.4, -0.2) is 41.0 Å². The number of benzene rings is 1. The van der Waals surface area contributed by atoms with Crippen LogP contribution in [0.3, 0.4) is 0 Å². The molecule has 1 amide bonds. The molecule has 1 aliphatic rings. The van der Waals surface area contributed by atoms with Gasteiger partial charge in [0.05, 0.1) is 12.2 Å². The second kappa shape index (κ2) is 11.0. The van der Waals surface area contributed by atoms with Gasteiger partial charge in [-0.1, -0.05) is 18.2 Å². The van der Waals surface area contributed by atoms with Gasteiger partial charge in [-0.2, -0.15) is 0 Å². The zero-order chi connectivity index (χ0) is 19.1. The van der Waals surface area contributed by atoms with Crippen LogP contribution < -0.4 is 10.1 Å². The minimum Gasteiger partial charge on any atom is -0.481 e. The lowest BCUT2D eigenvalue weighted by atomic mass is 10.1. The summed E-state index contributed by atoms with van der Waals surface area (Å²) in [5.41, 5.74) is 2.03. The number of carbonyl (C=O) groups excluding carboxylic acids is 1. The van der Waals surface area contributed by atoms with Crippen LogP contribution in [0.1, 0.15) is 37.4 Å². The van der Waals surface area contributed by atoms with E-state index in [0.29, 0.717) is 6.54 Å². The zero-order valence-corrected chi connectivity index (χ0v) is 17.5. The third kappa shape index (κ3) is 6.21. The van der Waals surface area contributed by atoms with Gasteiger partial charge < -0.3 is 15.0 Å². The summed E-state index contributed by atoms with van der Waals surface area (Å²) in [6.07, 6.45) is 4.27. The molecule has 2 unspecified atom stereocenters. The van der Waals surface area contributed by atoms with Crippen molar-refractivity contribution in [2.24, 2.45) is 0 Å². The molecule has 1 aromatic carbocycles. The second-order valence-electron chi connectivity index (χ2n) is 7.20. The first-order valence-corrected chi connectivity index (χ1v) is 9.78. The molecule has 1 aromatic heterocycles. The number of halogens is 1. The summed E-state index contributed by atoms with van der Waals surface area (Å²) in [6, 6.07) is 13.9. The summed E-state index contributed by atoms with van der Waals surface area (Å²) >= 11 is 0. The molecular weight excluding hydrogens is 374 g/mol. The van der Waals surface area contributed by atoms with E-state index < -0.39 is 6.10 Å². The van der Waals surface area contributed by atoms with Gasteiger partial charge in [0, 0.05) is 12.2 Å². The number of aromatic nitrogens is 1. The van der Waals surface area contributed by atoms with E-state index in [2.05, 4.69) is 10.3 Å². The van der Waals surface area contributed by atoms with Crippen LogP contribution in [0, 0.1) is 6.92 Å². The van der Waals surface area contributed by atoms with E-state index in [1.807, 2.05) is 61.2 Å². The number of nitrogens with one attached hydrogen (secondary N) is 1. The van der Waals surface area contributed by atoms with Gasteiger partial charge in [0.25, 0.3) is 5.91 Å². The minimum atomic E-state index is -0.535. The highest BCUT2D eigenvalue weighted by Gasteiger charge is 2.29. The molecule has 2 aromatic rings. The number of carbonyl (C=O) groups is 1. The lowest BCUT2D eigenvalue weighted by Gasteiger charge is -2.33. The Morgan fingerprint density at radius 1 is 1.25 bits per heavy atom. The number of amides is 1. The van der Waals surface area contributed by atoms with Crippen molar-refractivity contribution < 1.29 is 9.53 Å². The molecule has 6 heteroatoms. The Balaban J connectivity index is 0.00000280. The first kappa shape index (κ1) is 22.2. The predicted molar refractivity (Wildman–Crippen MR) is 114 cm³/mol. The standard InChI is InChI=1S/C22H29N3O2.ClH/c1-17-7-5-10-21(15-17)27-18(2)22(26)25(16-19-8-3-4-13-24-19)20-9-6-12-23-14-11-20;/h3-5,7-8,10,13,15,18,20,23H,6,9,11-12,14,16H2,1-2H3;1H. The smallest absolute Gasteiger partial charge is 0.263 e. The summed E-state index contributed by atoms with van der Waals surface area (Å²) < 4.78 is 5.97. The Morgan fingerprint density at radius 3 is 2.86 bits per heavy atom. The van der Waals surface area contributed by atoms with Crippen LogP contribution in [-0.2, 0) is 11.3 Å². The lowest BCUT2D eigenvalue weighted by Crippen LogP contribution is -2.46. The van der Waals surface area contributed by atoms with Crippen LogP contribution >= 0.6 is 12.4 Å². The average molecular weight is 404 g/mol. The fraction of sp³-hybridized carbons (Fsp3) is 0.455. The molecule has 152 valence electrons. The molecule has 0 saturated carbocycles. The maximum absolute atomic E-state index is 13.3. The summed E-state index contributed by atoms with van der Waals surface area (Å²) in [6.45, 7) is 6.32. The number of hydrogen-bond acceptors (Lipinski definition) is 4. The lowest BCUT2D eigenvalue weighted by molar-refractivity contribution is -0.141.